The Hall–Kier alpha value is -1.82. The Morgan fingerprint density at radius 1 is 1.38 bits per heavy atom. The first kappa shape index (κ1) is 15.6. The number of hydrogen-bond acceptors (Lipinski definition) is 3. The molecule has 0 aromatic heterocycles. The topological polar surface area (TPSA) is 70.6 Å². The van der Waals surface area contributed by atoms with E-state index >= 15 is 0 Å². The van der Waals surface area contributed by atoms with E-state index < -0.39 is 5.82 Å². The molecular weight excluding hydrogens is 275 g/mol. The Kier molecular flexibility index (Phi) is 5.38. The molecule has 0 spiro atoms. The lowest BCUT2D eigenvalue weighted by molar-refractivity contribution is 0.118. The summed E-state index contributed by atoms with van der Waals surface area (Å²) in [7, 11) is 0. The van der Waals surface area contributed by atoms with Crippen molar-refractivity contribution in [2.75, 3.05) is 11.9 Å². The monoisotopic (exact) mass is 296 g/mol. The van der Waals surface area contributed by atoms with Crippen LogP contribution in [0, 0.1) is 5.82 Å². The van der Waals surface area contributed by atoms with Gasteiger partial charge < -0.3 is 20.5 Å². The molecule has 0 aliphatic heterocycles. The van der Waals surface area contributed by atoms with E-state index in [0.717, 1.165) is 12.8 Å². The van der Waals surface area contributed by atoms with E-state index in [1.807, 2.05) is 0 Å². The molecule has 5 nitrogen and oxygen atoms in total. The summed E-state index contributed by atoms with van der Waals surface area (Å²) in [6.07, 6.45) is 2.66. The molecule has 0 bridgehead atoms. The first-order valence-corrected chi connectivity index (χ1v) is 7.26. The summed E-state index contributed by atoms with van der Waals surface area (Å²) in [6, 6.07) is 3.71. The van der Waals surface area contributed by atoms with Crippen LogP contribution in [-0.2, 0) is 0 Å². The van der Waals surface area contributed by atoms with Gasteiger partial charge in [-0.1, -0.05) is 0 Å². The summed E-state index contributed by atoms with van der Waals surface area (Å²) in [5, 5.41) is 15.0. The van der Waals surface area contributed by atoms with Crippen LogP contribution in [0.2, 0.25) is 0 Å². The van der Waals surface area contributed by atoms with Crippen LogP contribution in [0.1, 0.15) is 32.6 Å². The van der Waals surface area contributed by atoms with Gasteiger partial charge in [-0.15, -0.1) is 0 Å². The van der Waals surface area contributed by atoms with Crippen molar-refractivity contribution in [3.63, 3.8) is 0 Å². The van der Waals surface area contributed by atoms with E-state index in [9.17, 15) is 14.3 Å². The molecule has 0 saturated heterocycles. The van der Waals surface area contributed by atoms with Crippen LogP contribution in [0.5, 0.6) is 5.75 Å². The zero-order chi connectivity index (χ0) is 15.2. The number of carbonyl (C=O) groups excluding carboxylic acids is 1. The summed E-state index contributed by atoms with van der Waals surface area (Å²) in [6.45, 7) is 2.18. The zero-order valence-corrected chi connectivity index (χ0v) is 12.1. The summed E-state index contributed by atoms with van der Waals surface area (Å²) in [5.41, 5.74) is 0.437. The molecule has 2 amide bonds. The molecule has 0 atom stereocenters. The molecule has 116 valence electrons. The van der Waals surface area contributed by atoms with Crippen molar-refractivity contribution < 1.29 is 19.0 Å². The van der Waals surface area contributed by atoms with E-state index in [0.29, 0.717) is 30.9 Å². The van der Waals surface area contributed by atoms with Crippen LogP contribution < -0.4 is 15.4 Å². The lowest BCUT2D eigenvalue weighted by atomic mass is 9.93. The maximum Gasteiger partial charge on any atom is 0.319 e. The standard InChI is InChI=1S/C15H21FN2O3/c1-2-21-14-9-10(16)3-8-13(14)18-15(20)17-11-4-6-12(19)7-5-11/h3,8-9,11-12,19H,2,4-7H2,1H3,(H2,17,18,20). The molecule has 0 heterocycles. The van der Waals surface area contributed by atoms with Gasteiger partial charge in [-0.2, -0.15) is 0 Å². The second-order valence-electron chi connectivity index (χ2n) is 5.18. The second-order valence-corrected chi connectivity index (χ2v) is 5.18. The molecule has 0 radical (unpaired) electrons. The molecule has 1 aromatic rings. The van der Waals surface area contributed by atoms with E-state index in [4.69, 9.17) is 4.74 Å². The van der Waals surface area contributed by atoms with Gasteiger partial charge in [-0.3, -0.25) is 0 Å². The molecule has 1 fully saturated rings. The van der Waals surface area contributed by atoms with Crippen LogP contribution in [0.4, 0.5) is 14.9 Å². The molecule has 0 unspecified atom stereocenters. The number of urea groups is 1. The van der Waals surface area contributed by atoms with Crippen LogP contribution in [-0.4, -0.2) is 29.9 Å². The van der Waals surface area contributed by atoms with Gasteiger partial charge in [-0.25, -0.2) is 9.18 Å². The highest BCUT2D eigenvalue weighted by molar-refractivity contribution is 5.91. The molecule has 21 heavy (non-hydrogen) atoms. The van der Waals surface area contributed by atoms with E-state index in [1.54, 1.807) is 6.92 Å². The number of aliphatic hydroxyl groups is 1. The van der Waals surface area contributed by atoms with Gasteiger partial charge >= 0.3 is 6.03 Å². The molecule has 1 aliphatic carbocycles. The Morgan fingerprint density at radius 2 is 2.10 bits per heavy atom. The van der Waals surface area contributed by atoms with Crippen LogP contribution in [0.25, 0.3) is 0 Å². The fourth-order valence-corrected chi connectivity index (χ4v) is 2.44. The fraction of sp³-hybridized carbons (Fsp3) is 0.533. The lowest BCUT2D eigenvalue weighted by Gasteiger charge is -2.26. The van der Waals surface area contributed by atoms with Crippen LogP contribution >= 0.6 is 0 Å². The molecule has 1 aliphatic rings. The average molecular weight is 296 g/mol. The molecular formula is C15H21FN2O3. The summed E-state index contributed by atoms with van der Waals surface area (Å²) in [5.74, 6) is -0.0996. The van der Waals surface area contributed by atoms with Gasteiger partial charge in [-0.05, 0) is 44.7 Å². The number of carbonyl (C=O) groups is 1. The van der Waals surface area contributed by atoms with Crippen molar-refractivity contribution in [3.05, 3.63) is 24.0 Å². The highest BCUT2D eigenvalue weighted by atomic mass is 19.1. The van der Waals surface area contributed by atoms with Crippen molar-refractivity contribution in [3.8, 4) is 5.75 Å². The highest BCUT2D eigenvalue weighted by Crippen LogP contribution is 2.25. The SMILES string of the molecule is CCOc1cc(F)ccc1NC(=O)NC1CCC(O)CC1. The third-order valence-corrected chi connectivity index (χ3v) is 3.52. The normalized spacial score (nSPS) is 21.7. The predicted octanol–water partition coefficient (Wildman–Crippen LogP) is 2.65. The van der Waals surface area contributed by atoms with Crippen LogP contribution in [0.3, 0.4) is 0 Å². The Morgan fingerprint density at radius 3 is 2.76 bits per heavy atom. The first-order valence-electron chi connectivity index (χ1n) is 7.26. The third kappa shape index (κ3) is 4.60. The highest BCUT2D eigenvalue weighted by Gasteiger charge is 2.21. The minimum absolute atomic E-state index is 0.0596. The molecule has 1 saturated carbocycles. The van der Waals surface area contributed by atoms with Gasteiger partial charge in [0, 0.05) is 12.1 Å². The Balaban J connectivity index is 1.93. The number of benzene rings is 1. The third-order valence-electron chi connectivity index (χ3n) is 3.52. The maximum absolute atomic E-state index is 13.2. The van der Waals surface area contributed by atoms with Crippen molar-refractivity contribution >= 4 is 11.7 Å². The van der Waals surface area contributed by atoms with Gasteiger partial charge in [0.15, 0.2) is 0 Å². The van der Waals surface area contributed by atoms with E-state index in [1.165, 1.54) is 18.2 Å². The quantitative estimate of drug-likeness (QED) is 0.800. The molecule has 3 N–H and O–H groups in total. The smallest absolute Gasteiger partial charge is 0.319 e. The lowest BCUT2D eigenvalue weighted by Crippen LogP contribution is -2.40. The molecule has 2 rings (SSSR count). The summed E-state index contributed by atoms with van der Waals surface area (Å²) < 4.78 is 18.5. The minimum Gasteiger partial charge on any atom is -0.492 e. The van der Waals surface area contributed by atoms with E-state index in [2.05, 4.69) is 10.6 Å². The van der Waals surface area contributed by atoms with Gasteiger partial charge in [0.05, 0.1) is 18.4 Å². The summed E-state index contributed by atoms with van der Waals surface area (Å²) >= 11 is 0. The maximum atomic E-state index is 13.2. The predicted molar refractivity (Wildman–Crippen MR) is 78.0 cm³/mol. The number of ether oxygens (including phenoxy) is 1. The van der Waals surface area contributed by atoms with Crippen molar-refractivity contribution in [1.29, 1.82) is 0 Å². The molecule has 1 aromatic carbocycles. The van der Waals surface area contributed by atoms with Crippen molar-refractivity contribution in [1.82, 2.24) is 5.32 Å². The van der Waals surface area contributed by atoms with Crippen molar-refractivity contribution in [2.45, 2.75) is 44.8 Å². The number of aliphatic hydroxyl groups excluding tert-OH is 1. The van der Waals surface area contributed by atoms with E-state index in [-0.39, 0.29) is 18.2 Å². The minimum atomic E-state index is -0.411. The Labute approximate surface area is 123 Å². The number of nitrogens with one attached hydrogen (secondary N) is 2. The van der Waals surface area contributed by atoms with Gasteiger partial charge in [0.2, 0.25) is 0 Å². The number of rotatable bonds is 4. The average Bonchev–Trinajstić information content (AvgIpc) is 2.45. The molecule has 6 heteroatoms. The number of amides is 2. The largest absolute Gasteiger partial charge is 0.492 e. The summed E-state index contributed by atoms with van der Waals surface area (Å²) in [4.78, 5) is 12.0. The van der Waals surface area contributed by atoms with Crippen molar-refractivity contribution in [2.24, 2.45) is 0 Å². The number of hydrogen-bond donors (Lipinski definition) is 3. The zero-order valence-electron chi connectivity index (χ0n) is 12.1. The number of halogens is 1. The first-order chi connectivity index (χ1) is 10.1. The van der Waals surface area contributed by atoms with Crippen LogP contribution in [0.15, 0.2) is 18.2 Å². The van der Waals surface area contributed by atoms with Gasteiger partial charge in [0.1, 0.15) is 11.6 Å². The van der Waals surface area contributed by atoms with Gasteiger partial charge in [0.25, 0.3) is 0 Å². The fourth-order valence-electron chi connectivity index (χ4n) is 2.44. The second kappa shape index (κ2) is 7.26. The number of anilines is 1. The Bertz CT molecular complexity index is 488.